The van der Waals surface area contributed by atoms with Crippen molar-refractivity contribution in [2.75, 3.05) is 16.8 Å². The number of aryl methyl sites for hydroxylation is 2. The summed E-state index contributed by atoms with van der Waals surface area (Å²) in [6.07, 6.45) is 3.45. The Labute approximate surface area is 177 Å². The number of benzene rings is 2. The predicted octanol–water partition coefficient (Wildman–Crippen LogP) is 4.49. The molecule has 8 heteroatoms. The number of oxazole rings is 1. The summed E-state index contributed by atoms with van der Waals surface area (Å²) in [5.41, 5.74) is 2.68. The zero-order valence-electron chi connectivity index (χ0n) is 17.0. The molecule has 2 heterocycles. The van der Waals surface area contributed by atoms with Crippen LogP contribution in [0, 0.1) is 11.6 Å². The second-order valence-electron chi connectivity index (χ2n) is 7.41. The van der Waals surface area contributed by atoms with E-state index in [1.54, 1.807) is 17.9 Å². The Morgan fingerprint density at radius 2 is 2.03 bits per heavy atom. The lowest BCUT2D eigenvalue weighted by Gasteiger charge is -2.29. The number of halogens is 2. The SMILES string of the molecule is CC(=O)N1CCCc2cc(NC(=O)CCc3ncc(-c4ccc(F)cc4F)o3)ccc21. The Hall–Kier alpha value is -3.55. The maximum atomic E-state index is 13.9. The van der Waals surface area contributed by atoms with Gasteiger partial charge in [-0.2, -0.15) is 0 Å². The first-order valence-electron chi connectivity index (χ1n) is 10.0. The molecule has 6 nitrogen and oxygen atoms in total. The third-order valence-electron chi connectivity index (χ3n) is 5.18. The van der Waals surface area contributed by atoms with Gasteiger partial charge in [-0.1, -0.05) is 0 Å². The number of carbonyl (C=O) groups is 2. The van der Waals surface area contributed by atoms with E-state index in [-0.39, 0.29) is 41.9 Å². The molecule has 0 radical (unpaired) electrons. The second-order valence-corrected chi connectivity index (χ2v) is 7.41. The molecule has 0 aliphatic carbocycles. The van der Waals surface area contributed by atoms with Gasteiger partial charge >= 0.3 is 0 Å². The van der Waals surface area contributed by atoms with Crippen LogP contribution in [0.5, 0.6) is 0 Å². The van der Waals surface area contributed by atoms with Gasteiger partial charge in [-0.05, 0) is 48.7 Å². The number of amides is 2. The number of fused-ring (bicyclic) bond motifs is 1. The van der Waals surface area contributed by atoms with E-state index in [4.69, 9.17) is 4.42 Å². The minimum atomic E-state index is -0.740. The maximum absolute atomic E-state index is 13.9. The van der Waals surface area contributed by atoms with Crippen molar-refractivity contribution in [3.05, 3.63) is 65.7 Å². The normalized spacial score (nSPS) is 13.1. The third kappa shape index (κ3) is 4.63. The molecule has 0 atom stereocenters. The molecule has 1 N–H and O–H groups in total. The average molecular weight is 425 g/mol. The number of anilines is 2. The van der Waals surface area contributed by atoms with Gasteiger partial charge in [0.15, 0.2) is 11.7 Å². The van der Waals surface area contributed by atoms with Gasteiger partial charge in [-0.3, -0.25) is 9.59 Å². The minimum Gasteiger partial charge on any atom is -0.441 e. The van der Waals surface area contributed by atoms with E-state index in [1.165, 1.54) is 12.3 Å². The summed E-state index contributed by atoms with van der Waals surface area (Å²) < 4.78 is 32.4. The quantitative estimate of drug-likeness (QED) is 0.654. The summed E-state index contributed by atoms with van der Waals surface area (Å²) >= 11 is 0. The van der Waals surface area contributed by atoms with Crippen molar-refractivity contribution in [3.63, 3.8) is 0 Å². The lowest BCUT2D eigenvalue weighted by Crippen LogP contribution is -2.33. The molecule has 0 fully saturated rings. The summed E-state index contributed by atoms with van der Waals surface area (Å²) in [5, 5.41) is 2.85. The van der Waals surface area contributed by atoms with E-state index in [1.807, 2.05) is 12.1 Å². The van der Waals surface area contributed by atoms with Crippen LogP contribution in [0.2, 0.25) is 0 Å². The van der Waals surface area contributed by atoms with Gasteiger partial charge in [0.2, 0.25) is 11.8 Å². The molecule has 0 spiro atoms. The Bertz CT molecular complexity index is 1140. The maximum Gasteiger partial charge on any atom is 0.224 e. The Morgan fingerprint density at radius 3 is 2.81 bits per heavy atom. The molecule has 3 aromatic rings. The summed E-state index contributed by atoms with van der Waals surface area (Å²) in [6, 6.07) is 8.72. The van der Waals surface area contributed by atoms with Gasteiger partial charge in [0.1, 0.15) is 11.6 Å². The minimum absolute atomic E-state index is 0.00331. The summed E-state index contributed by atoms with van der Waals surface area (Å²) in [7, 11) is 0. The Kier molecular flexibility index (Phi) is 5.79. The van der Waals surface area contributed by atoms with Gasteiger partial charge in [-0.25, -0.2) is 13.8 Å². The van der Waals surface area contributed by atoms with E-state index < -0.39 is 11.6 Å². The van der Waals surface area contributed by atoms with E-state index in [0.29, 0.717) is 12.2 Å². The van der Waals surface area contributed by atoms with E-state index in [2.05, 4.69) is 10.3 Å². The predicted molar refractivity (Wildman–Crippen MR) is 112 cm³/mol. The molecular formula is C23H21F2N3O3. The molecular weight excluding hydrogens is 404 g/mol. The van der Waals surface area contributed by atoms with Crippen molar-refractivity contribution >= 4 is 23.2 Å². The summed E-state index contributed by atoms with van der Waals surface area (Å²) in [5.74, 6) is -1.16. The van der Waals surface area contributed by atoms with Crippen molar-refractivity contribution in [3.8, 4) is 11.3 Å². The number of nitrogens with one attached hydrogen (secondary N) is 1. The van der Waals surface area contributed by atoms with Crippen molar-refractivity contribution in [2.45, 2.75) is 32.6 Å². The van der Waals surface area contributed by atoms with Gasteiger partial charge < -0.3 is 14.6 Å². The molecule has 2 aromatic carbocycles. The zero-order chi connectivity index (χ0) is 22.0. The van der Waals surface area contributed by atoms with Crippen molar-refractivity contribution in [1.82, 2.24) is 4.98 Å². The Morgan fingerprint density at radius 1 is 1.19 bits per heavy atom. The molecule has 2 amide bonds. The van der Waals surface area contributed by atoms with Crippen LogP contribution in [-0.4, -0.2) is 23.3 Å². The van der Waals surface area contributed by atoms with Crippen LogP contribution in [0.3, 0.4) is 0 Å². The van der Waals surface area contributed by atoms with Crippen LogP contribution in [0.1, 0.15) is 31.2 Å². The highest BCUT2D eigenvalue weighted by molar-refractivity contribution is 5.94. The number of carbonyl (C=O) groups excluding carboxylic acids is 2. The molecule has 1 aliphatic rings. The smallest absolute Gasteiger partial charge is 0.224 e. The highest BCUT2D eigenvalue weighted by Gasteiger charge is 2.20. The molecule has 0 saturated heterocycles. The Balaban J connectivity index is 1.37. The number of hydrogen-bond donors (Lipinski definition) is 1. The molecule has 0 unspecified atom stereocenters. The van der Waals surface area contributed by atoms with Crippen LogP contribution in [0.4, 0.5) is 20.2 Å². The lowest BCUT2D eigenvalue weighted by molar-refractivity contribution is -0.117. The monoisotopic (exact) mass is 425 g/mol. The van der Waals surface area contributed by atoms with Crippen LogP contribution in [0.25, 0.3) is 11.3 Å². The fourth-order valence-corrected chi connectivity index (χ4v) is 3.69. The van der Waals surface area contributed by atoms with Crippen molar-refractivity contribution in [1.29, 1.82) is 0 Å². The second kappa shape index (κ2) is 8.67. The van der Waals surface area contributed by atoms with Crippen LogP contribution >= 0.6 is 0 Å². The zero-order valence-corrected chi connectivity index (χ0v) is 17.0. The fourth-order valence-electron chi connectivity index (χ4n) is 3.69. The first-order valence-corrected chi connectivity index (χ1v) is 10.0. The number of aromatic nitrogens is 1. The van der Waals surface area contributed by atoms with Crippen molar-refractivity contribution < 1.29 is 22.8 Å². The molecule has 4 rings (SSSR count). The summed E-state index contributed by atoms with van der Waals surface area (Å²) in [4.78, 5) is 29.9. The molecule has 31 heavy (non-hydrogen) atoms. The first-order chi connectivity index (χ1) is 14.9. The van der Waals surface area contributed by atoms with Gasteiger partial charge in [0.25, 0.3) is 0 Å². The summed E-state index contributed by atoms with van der Waals surface area (Å²) in [6.45, 7) is 2.25. The fraction of sp³-hybridized carbons (Fsp3) is 0.261. The van der Waals surface area contributed by atoms with E-state index in [9.17, 15) is 18.4 Å². The third-order valence-corrected chi connectivity index (χ3v) is 5.18. The highest BCUT2D eigenvalue weighted by Crippen LogP contribution is 2.30. The van der Waals surface area contributed by atoms with E-state index in [0.717, 1.165) is 36.2 Å². The lowest BCUT2D eigenvalue weighted by atomic mass is 10.0. The van der Waals surface area contributed by atoms with Crippen LogP contribution in [-0.2, 0) is 22.4 Å². The largest absolute Gasteiger partial charge is 0.441 e. The first kappa shape index (κ1) is 20.7. The van der Waals surface area contributed by atoms with Crippen LogP contribution in [0.15, 0.2) is 47.0 Å². The number of hydrogen-bond acceptors (Lipinski definition) is 4. The van der Waals surface area contributed by atoms with E-state index >= 15 is 0 Å². The van der Waals surface area contributed by atoms with Crippen LogP contribution < -0.4 is 10.2 Å². The van der Waals surface area contributed by atoms with Gasteiger partial charge in [-0.15, -0.1) is 0 Å². The topological polar surface area (TPSA) is 75.4 Å². The molecule has 0 bridgehead atoms. The number of nitrogens with zero attached hydrogens (tertiary/aromatic N) is 2. The molecule has 0 saturated carbocycles. The molecule has 1 aromatic heterocycles. The molecule has 1 aliphatic heterocycles. The van der Waals surface area contributed by atoms with Crippen molar-refractivity contribution in [2.24, 2.45) is 0 Å². The van der Waals surface area contributed by atoms with Gasteiger partial charge in [0.05, 0.1) is 11.8 Å². The number of rotatable bonds is 5. The van der Waals surface area contributed by atoms with Gasteiger partial charge in [0, 0.05) is 43.8 Å². The average Bonchev–Trinajstić information content (AvgIpc) is 3.20. The molecule has 160 valence electrons. The highest BCUT2D eigenvalue weighted by atomic mass is 19.1. The standard InChI is InChI=1S/C23H21F2N3O3/c1-14(29)28-10-2-3-15-11-17(5-7-20(15)28)27-22(30)8-9-23-26-13-21(31-23)18-6-4-16(24)12-19(18)25/h4-7,11-13H,2-3,8-10H2,1H3,(H,27,30).